The highest BCUT2D eigenvalue weighted by Gasteiger charge is 2.10. The van der Waals surface area contributed by atoms with Crippen LogP contribution in [0, 0.1) is 15.9 Å². The van der Waals surface area contributed by atoms with Crippen molar-refractivity contribution in [2.24, 2.45) is 0 Å². The minimum Gasteiger partial charge on any atom is -0.468 e. The van der Waals surface area contributed by atoms with Crippen molar-refractivity contribution in [3.63, 3.8) is 0 Å². The molecule has 1 heterocycles. The van der Waals surface area contributed by atoms with Gasteiger partial charge in [0.15, 0.2) is 0 Å². The summed E-state index contributed by atoms with van der Waals surface area (Å²) in [5.74, 6) is 0.635. The summed E-state index contributed by atoms with van der Waals surface area (Å²) in [5.41, 5.74) is -0.244. The number of furan rings is 1. The standard InChI is InChI=1S/C11H8FNO3S/c12-8-4-9(13(14)15)6-11(5-8)17-7-10-2-1-3-16-10/h1-6H,7H2. The molecule has 6 heteroatoms. The third-order valence-electron chi connectivity index (χ3n) is 2.03. The summed E-state index contributed by atoms with van der Waals surface area (Å²) in [6, 6.07) is 7.05. The van der Waals surface area contributed by atoms with Crippen LogP contribution < -0.4 is 0 Å². The summed E-state index contributed by atoms with van der Waals surface area (Å²) in [5, 5.41) is 10.5. The minimum absolute atomic E-state index is 0.244. The normalized spacial score (nSPS) is 10.4. The summed E-state index contributed by atoms with van der Waals surface area (Å²) in [6.45, 7) is 0. The van der Waals surface area contributed by atoms with E-state index in [1.807, 2.05) is 0 Å². The van der Waals surface area contributed by atoms with Gasteiger partial charge in [0.2, 0.25) is 0 Å². The molecule has 0 saturated heterocycles. The van der Waals surface area contributed by atoms with Gasteiger partial charge in [0.25, 0.3) is 5.69 Å². The first kappa shape index (κ1) is 11.7. The molecule has 0 aliphatic heterocycles. The maximum Gasteiger partial charge on any atom is 0.273 e. The Hall–Kier alpha value is -1.82. The smallest absolute Gasteiger partial charge is 0.273 e. The van der Waals surface area contributed by atoms with E-state index in [1.165, 1.54) is 23.9 Å². The molecule has 0 spiro atoms. The first-order chi connectivity index (χ1) is 8.15. The van der Waals surface area contributed by atoms with Crippen molar-refractivity contribution in [3.8, 4) is 0 Å². The summed E-state index contributed by atoms with van der Waals surface area (Å²) >= 11 is 1.29. The number of rotatable bonds is 4. The van der Waals surface area contributed by atoms with Gasteiger partial charge in [-0.05, 0) is 18.2 Å². The fourth-order valence-corrected chi connectivity index (χ4v) is 2.16. The van der Waals surface area contributed by atoms with E-state index in [1.54, 1.807) is 18.4 Å². The lowest BCUT2D eigenvalue weighted by molar-refractivity contribution is -0.385. The maximum atomic E-state index is 13.1. The molecule has 0 saturated carbocycles. The first-order valence-corrected chi connectivity index (χ1v) is 5.74. The van der Waals surface area contributed by atoms with Crippen LogP contribution in [0.25, 0.3) is 0 Å². The fraction of sp³-hybridized carbons (Fsp3) is 0.0909. The summed E-state index contributed by atoms with van der Waals surface area (Å²) < 4.78 is 18.2. The van der Waals surface area contributed by atoms with E-state index >= 15 is 0 Å². The predicted molar refractivity (Wildman–Crippen MR) is 61.3 cm³/mol. The van der Waals surface area contributed by atoms with Crippen molar-refractivity contribution in [2.45, 2.75) is 10.6 Å². The van der Waals surface area contributed by atoms with E-state index in [0.29, 0.717) is 10.6 Å². The number of nitro groups is 1. The second kappa shape index (κ2) is 5.01. The molecule has 0 amide bonds. The molecule has 0 N–H and O–H groups in total. The van der Waals surface area contributed by atoms with Crippen LogP contribution in [-0.2, 0) is 5.75 Å². The molecule has 1 aromatic carbocycles. The molecule has 17 heavy (non-hydrogen) atoms. The van der Waals surface area contributed by atoms with Crippen molar-refractivity contribution in [1.29, 1.82) is 0 Å². The monoisotopic (exact) mass is 253 g/mol. The molecule has 88 valence electrons. The van der Waals surface area contributed by atoms with Crippen molar-refractivity contribution in [3.05, 3.63) is 58.3 Å². The molecule has 0 bridgehead atoms. The maximum absolute atomic E-state index is 13.1. The zero-order valence-corrected chi connectivity index (χ0v) is 9.45. The summed E-state index contributed by atoms with van der Waals surface area (Å²) in [7, 11) is 0. The van der Waals surface area contributed by atoms with Gasteiger partial charge in [-0.1, -0.05) is 0 Å². The van der Waals surface area contributed by atoms with Crippen LogP contribution in [-0.4, -0.2) is 4.92 Å². The van der Waals surface area contributed by atoms with Crippen LogP contribution in [0.5, 0.6) is 0 Å². The number of thioether (sulfide) groups is 1. The van der Waals surface area contributed by atoms with E-state index in [4.69, 9.17) is 4.42 Å². The predicted octanol–water partition coefficient (Wildman–Crippen LogP) is 3.62. The largest absolute Gasteiger partial charge is 0.468 e. The molecule has 0 radical (unpaired) electrons. The SMILES string of the molecule is O=[N+]([O-])c1cc(F)cc(SCc2ccco2)c1. The van der Waals surface area contributed by atoms with E-state index in [0.717, 1.165) is 11.8 Å². The molecule has 0 unspecified atom stereocenters. The lowest BCUT2D eigenvalue weighted by Crippen LogP contribution is -1.90. The Morgan fingerprint density at radius 1 is 1.41 bits per heavy atom. The molecular weight excluding hydrogens is 245 g/mol. The number of non-ortho nitro benzene ring substituents is 1. The Bertz CT molecular complexity index is 528. The van der Waals surface area contributed by atoms with Crippen molar-refractivity contribution < 1.29 is 13.7 Å². The van der Waals surface area contributed by atoms with Gasteiger partial charge in [-0.15, -0.1) is 11.8 Å². The number of nitro benzene ring substituents is 1. The molecule has 1 aromatic heterocycles. The van der Waals surface area contributed by atoms with Gasteiger partial charge < -0.3 is 4.42 Å². The average Bonchev–Trinajstić information content (AvgIpc) is 2.78. The summed E-state index contributed by atoms with van der Waals surface area (Å²) in [6.07, 6.45) is 1.55. The molecule has 0 aliphatic rings. The van der Waals surface area contributed by atoms with Gasteiger partial charge in [0, 0.05) is 11.0 Å². The first-order valence-electron chi connectivity index (χ1n) is 4.75. The molecular formula is C11H8FNO3S. The average molecular weight is 253 g/mol. The Labute approximate surface area is 101 Å². The fourth-order valence-electron chi connectivity index (χ4n) is 1.29. The Balaban J connectivity index is 2.13. The molecule has 0 fully saturated rings. The second-order valence-corrected chi connectivity index (χ2v) is 4.32. The number of nitrogens with zero attached hydrogens (tertiary/aromatic N) is 1. The van der Waals surface area contributed by atoms with E-state index in [9.17, 15) is 14.5 Å². The Morgan fingerprint density at radius 2 is 2.24 bits per heavy atom. The summed E-state index contributed by atoms with van der Waals surface area (Å²) in [4.78, 5) is 10.4. The van der Waals surface area contributed by atoms with E-state index < -0.39 is 10.7 Å². The van der Waals surface area contributed by atoms with Crippen LogP contribution in [0.15, 0.2) is 45.9 Å². The number of hydrogen-bond donors (Lipinski definition) is 0. The van der Waals surface area contributed by atoms with E-state index in [-0.39, 0.29) is 5.69 Å². The molecule has 4 nitrogen and oxygen atoms in total. The number of benzene rings is 1. The third-order valence-corrected chi connectivity index (χ3v) is 3.03. The lowest BCUT2D eigenvalue weighted by atomic mass is 10.3. The highest BCUT2D eigenvalue weighted by Crippen LogP contribution is 2.27. The lowest BCUT2D eigenvalue weighted by Gasteiger charge is -2.00. The van der Waals surface area contributed by atoms with Crippen LogP contribution in [0.2, 0.25) is 0 Å². The highest BCUT2D eigenvalue weighted by molar-refractivity contribution is 7.98. The topological polar surface area (TPSA) is 56.3 Å². The van der Waals surface area contributed by atoms with Gasteiger partial charge in [-0.25, -0.2) is 4.39 Å². The zero-order valence-electron chi connectivity index (χ0n) is 8.63. The molecule has 2 aromatic rings. The molecule has 0 aliphatic carbocycles. The number of halogens is 1. The van der Waals surface area contributed by atoms with E-state index in [2.05, 4.69) is 0 Å². The second-order valence-electron chi connectivity index (χ2n) is 3.27. The van der Waals surface area contributed by atoms with Gasteiger partial charge in [-0.3, -0.25) is 10.1 Å². The van der Waals surface area contributed by atoms with Gasteiger partial charge in [-0.2, -0.15) is 0 Å². The van der Waals surface area contributed by atoms with Crippen LogP contribution >= 0.6 is 11.8 Å². The zero-order chi connectivity index (χ0) is 12.3. The third kappa shape index (κ3) is 3.07. The van der Waals surface area contributed by atoms with Crippen LogP contribution in [0.1, 0.15) is 5.76 Å². The van der Waals surface area contributed by atoms with Gasteiger partial charge in [0.1, 0.15) is 11.6 Å². The van der Waals surface area contributed by atoms with Gasteiger partial charge in [0.05, 0.1) is 23.0 Å². The van der Waals surface area contributed by atoms with Crippen molar-refractivity contribution in [2.75, 3.05) is 0 Å². The van der Waals surface area contributed by atoms with Crippen molar-refractivity contribution >= 4 is 17.4 Å². The highest BCUT2D eigenvalue weighted by atomic mass is 32.2. The van der Waals surface area contributed by atoms with Crippen LogP contribution in [0.4, 0.5) is 10.1 Å². The minimum atomic E-state index is -0.611. The van der Waals surface area contributed by atoms with Crippen LogP contribution in [0.3, 0.4) is 0 Å². The Kier molecular flexibility index (Phi) is 3.43. The van der Waals surface area contributed by atoms with Gasteiger partial charge >= 0.3 is 0 Å². The van der Waals surface area contributed by atoms with Crippen molar-refractivity contribution in [1.82, 2.24) is 0 Å². The molecule has 0 atom stereocenters. The number of hydrogen-bond acceptors (Lipinski definition) is 4. The quantitative estimate of drug-likeness (QED) is 0.474. The molecule has 2 rings (SSSR count). The Morgan fingerprint density at radius 3 is 2.88 bits per heavy atom.